The molecule has 9 heteroatoms. The lowest BCUT2D eigenvalue weighted by Gasteiger charge is -2.08. The van der Waals surface area contributed by atoms with Crippen LogP contribution in [-0.4, -0.2) is 39.9 Å². The fourth-order valence-electron chi connectivity index (χ4n) is 1.93. The maximum absolute atomic E-state index is 11.7. The van der Waals surface area contributed by atoms with E-state index in [0.29, 0.717) is 11.3 Å². The van der Waals surface area contributed by atoms with Crippen LogP contribution in [0, 0.1) is 0 Å². The summed E-state index contributed by atoms with van der Waals surface area (Å²) in [6.07, 6.45) is 4.32. The van der Waals surface area contributed by atoms with Crippen molar-refractivity contribution in [2.75, 3.05) is 6.61 Å². The summed E-state index contributed by atoms with van der Waals surface area (Å²) < 4.78 is 6.47. The van der Waals surface area contributed by atoms with Gasteiger partial charge < -0.3 is 10.1 Å². The zero-order valence-corrected chi connectivity index (χ0v) is 14.4. The quantitative estimate of drug-likeness (QED) is 0.622. The molecule has 0 bridgehead atoms. The van der Waals surface area contributed by atoms with Crippen molar-refractivity contribution in [1.82, 2.24) is 20.0 Å². The molecule has 2 rings (SSSR count). The standard InChI is InChI=1S/C16H17ClN4O4/c1-10(2)18-16(24)20-13(22)9-25-14(23)7-6-11-15(17)19-12-5-3-4-8-21(11)12/h3-8,10H,9H2,1-2H3,(H2,18,20,22,24)/b7-6+. The van der Waals surface area contributed by atoms with Crippen molar-refractivity contribution in [2.24, 2.45) is 0 Å². The molecule has 0 aliphatic heterocycles. The molecule has 2 N–H and O–H groups in total. The van der Waals surface area contributed by atoms with Gasteiger partial charge in [0, 0.05) is 18.3 Å². The smallest absolute Gasteiger partial charge is 0.331 e. The predicted molar refractivity (Wildman–Crippen MR) is 92.0 cm³/mol. The van der Waals surface area contributed by atoms with Gasteiger partial charge in [-0.2, -0.15) is 0 Å². The number of hydrogen-bond acceptors (Lipinski definition) is 5. The van der Waals surface area contributed by atoms with Crippen molar-refractivity contribution in [1.29, 1.82) is 0 Å². The molecular formula is C16H17ClN4O4. The summed E-state index contributed by atoms with van der Waals surface area (Å²) in [7, 11) is 0. The maximum atomic E-state index is 11.7. The first-order valence-electron chi connectivity index (χ1n) is 7.44. The highest BCUT2D eigenvalue weighted by Crippen LogP contribution is 2.18. The molecule has 2 aromatic rings. The van der Waals surface area contributed by atoms with E-state index in [2.05, 4.69) is 10.3 Å². The van der Waals surface area contributed by atoms with Crippen molar-refractivity contribution in [2.45, 2.75) is 19.9 Å². The van der Waals surface area contributed by atoms with Crippen LogP contribution in [0.4, 0.5) is 4.79 Å². The van der Waals surface area contributed by atoms with E-state index < -0.39 is 24.5 Å². The minimum Gasteiger partial charge on any atom is -0.452 e. The number of imidazole rings is 1. The first kappa shape index (κ1) is 18.5. The van der Waals surface area contributed by atoms with Crippen molar-refractivity contribution >= 4 is 41.2 Å². The Morgan fingerprint density at radius 1 is 1.36 bits per heavy atom. The van der Waals surface area contributed by atoms with E-state index in [1.54, 1.807) is 36.6 Å². The summed E-state index contributed by atoms with van der Waals surface area (Å²) in [5.41, 5.74) is 1.14. The van der Waals surface area contributed by atoms with Gasteiger partial charge in [0.25, 0.3) is 5.91 Å². The van der Waals surface area contributed by atoms with Crippen LogP contribution in [0.2, 0.25) is 5.15 Å². The minimum absolute atomic E-state index is 0.117. The monoisotopic (exact) mass is 364 g/mol. The molecule has 2 heterocycles. The third-order valence-corrected chi connectivity index (χ3v) is 3.20. The van der Waals surface area contributed by atoms with E-state index in [9.17, 15) is 14.4 Å². The number of ether oxygens (including phenoxy) is 1. The Labute approximate surface area is 148 Å². The lowest BCUT2D eigenvalue weighted by atomic mass is 10.4. The molecule has 2 aromatic heterocycles. The number of carbonyl (C=O) groups excluding carboxylic acids is 3. The van der Waals surface area contributed by atoms with Crippen LogP contribution in [0.25, 0.3) is 11.7 Å². The van der Waals surface area contributed by atoms with E-state index in [0.717, 1.165) is 6.08 Å². The molecule has 132 valence electrons. The number of halogens is 1. The zero-order valence-electron chi connectivity index (χ0n) is 13.7. The Balaban J connectivity index is 1.89. The fraction of sp³-hybridized carbons (Fsp3) is 0.250. The third-order valence-electron chi connectivity index (χ3n) is 2.92. The first-order chi connectivity index (χ1) is 11.9. The van der Waals surface area contributed by atoms with Crippen LogP contribution in [-0.2, 0) is 14.3 Å². The SMILES string of the molecule is CC(C)NC(=O)NC(=O)COC(=O)/C=C/c1c(Cl)nc2ccccn12. The van der Waals surface area contributed by atoms with Gasteiger partial charge in [-0.05, 0) is 32.1 Å². The molecule has 0 atom stereocenters. The number of rotatable bonds is 5. The number of imide groups is 1. The average Bonchev–Trinajstić information content (AvgIpc) is 2.85. The zero-order chi connectivity index (χ0) is 18.4. The Hall–Kier alpha value is -2.87. The normalized spacial score (nSPS) is 11.0. The molecule has 0 aliphatic carbocycles. The van der Waals surface area contributed by atoms with Gasteiger partial charge in [-0.3, -0.25) is 14.5 Å². The van der Waals surface area contributed by atoms with Crippen molar-refractivity contribution in [3.05, 3.63) is 41.3 Å². The van der Waals surface area contributed by atoms with E-state index in [4.69, 9.17) is 16.3 Å². The summed E-state index contributed by atoms with van der Waals surface area (Å²) in [6, 6.07) is 4.62. The third kappa shape index (κ3) is 5.32. The van der Waals surface area contributed by atoms with Gasteiger partial charge in [0.2, 0.25) is 0 Å². The first-order valence-corrected chi connectivity index (χ1v) is 7.82. The van der Waals surface area contributed by atoms with E-state index in [-0.39, 0.29) is 11.2 Å². The van der Waals surface area contributed by atoms with Gasteiger partial charge in [0.05, 0.1) is 5.69 Å². The average molecular weight is 365 g/mol. The van der Waals surface area contributed by atoms with Gasteiger partial charge in [-0.15, -0.1) is 0 Å². The highest BCUT2D eigenvalue weighted by atomic mass is 35.5. The lowest BCUT2D eigenvalue weighted by Crippen LogP contribution is -2.43. The van der Waals surface area contributed by atoms with Crippen molar-refractivity contribution < 1.29 is 19.1 Å². The predicted octanol–water partition coefficient (Wildman–Crippen LogP) is 1.78. The number of nitrogens with one attached hydrogen (secondary N) is 2. The molecule has 0 radical (unpaired) electrons. The summed E-state index contributed by atoms with van der Waals surface area (Å²) in [4.78, 5) is 38.7. The Kier molecular flexibility index (Phi) is 6.13. The largest absolute Gasteiger partial charge is 0.452 e. The highest BCUT2D eigenvalue weighted by Gasteiger charge is 2.11. The molecule has 0 unspecified atom stereocenters. The number of esters is 1. The van der Waals surface area contributed by atoms with Gasteiger partial charge in [-0.25, -0.2) is 14.6 Å². The molecule has 0 fully saturated rings. The summed E-state index contributed by atoms with van der Waals surface area (Å²) in [5, 5.41) is 4.76. The molecule has 0 saturated carbocycles. The number of amides is 3. The Morgan fingerprint density at radius 2 is 2.12 bits per heavy atom. The van der Waals surface area contributed by atoms with E-state index in [1.165, 1.54) is 6.08 Å². The molecule has 8 nitrogen and oxygen atoms in total. The van der Waals surface area contributed by atoms with Crippen molar-refractivity contribution in [3.63, 3.8) is 0 Å². The number of pyridine rings is 1. The van der Waals surface area contributed by atoms with Gasteiger partial charge in [0.1, 0.15) is 5.65 Å². The molecule has 0 aromatic carbocycles. The number of carbonyl (C=O) groups is 3. The van der Waals surface area contributed by atoms with Crippen molar-refractivity contribution in [3.8, 4) is 0 Å². The van der Waals surface area contributed by atoms with Gasteiger partial charge in [0.15, 0.2) is 11.8 Å². The van der Waals surface area contributed by atoms with Crippen LogP contribution in [0.3, 0.4) is 0 Å². The second-order valence-electron chi connectivity index (χ2n) is 5.33. The summed E-state index contributed by atoms with van der Waals surface area (Å²) in [6.45, 7) is 2.93. The number of fused-ring (bicyclic) bond motifs is 1. The molecule has 0 aliphatic rings. The van der Waals surface area contributed by atoms with Gasteiger partial charge in [-0.1, -0.05) is 17.7 Å². The summed E-state index contributed by atoms with van der Waals surface area (Å²) >= 11 is 6.03. The van der Waals surface area contributed by atoms with Crippen LogP contribution < -0.4 is 10.6 Å². The molecule has 3 amide bonds. The molecular weight excluding hydrogens is 348 g/mol. The van der Waals surface area contributed by atoms with E-state index in [1.807, 2.05) is 11.4 Å². The fourth-order valence-corrected chi connectivity index (χ4v) is 2.17. The topological polar surface area (TPSA) is 102 Å². The Morgan fingerprint density at radius 3 is 2.84 bits per heavy atom. The van der Waals surface area contributed by atoms with Crippen LogP contribution in [0.1, 0.15) is 19.5 Å². The molecule has 0 spiro atoms. The number of hydrogen-bond donors (Lipinski definition) is 2. The lowest BCUT2D eigenvalue weighted by molar-refractivity contribution is -0.143. The molecule has 0 saturated heterocycles. The van der Waals surface area contributed by atoms with Crippen LogP contribution >= 0.6 is 11.6 Å². The number of nitrogens with zero attached hydrogens (tertiary/aromatic N) is 2. The van der Waals surface area contributed by atoms with E-state index >= 15 is 0 Å². The second kappa shape index (κ2) is 8.29. The highest BCUT2D eigenvalue weighted by molar-refractivity contribution is 6.31. The van der Waals surface area contributed by atoms with Gasteiger partial charge >= 0.3 is 12.0 Å². The summed E-state index contributed by atoms with van der Waals surface area (Å²) in [5.74, 6) is -1.48. The van der Waals surface area contributed by atoms with Crippen LogP contribution in [0.5, 0.6) is 0 Å². The number of aromatic nitrogens is 2. The minimum atomic E-state index is -0.749. The second-order valence-corrected chi connectivity index (χ2v) is 5.69. The molecule has 25 heavy (non-hydrogen) atoms. The number of urea groups is 1. The maximum Gasteiger partial charge on any atom is 0.331 e. The van der Waals surface area contributed by atoms with Crippen LogP contribution in [0.15, 0.2) is 30.5 Å². The Bertz CT molecular complexity index is 829.